The molecule has 0 radical (unpaired) electrons. The summed E-state index contributed by atoms with van der Waals surface area (Å²) in [5.41, 5.74) is 2.07. The number of piperidine rings is 1. The van der Waals surface area contributed by atoms with Crippen LogP contribution in [0.5, 0.6) is 0 Å². The lowest BCUT2D eigenvalue weighted by molar-refractivity contribution is 0.113. The fraction of sp³-hybridized carbons (Fsp3) is 0.538. The molecule has 0 aliphatic carbocycles. The molecule has 4 nitrogen and oxygen atoms in total. The summed E-state index contributed by atoms with van der Waals surface area (Å²) in [6.45, 7) is 4.67. The predicted octanol–water partition coefficient (Wildman–Crippen LogP) is 1.45. The number of aryl methyl sites for hydroxylation is 2. The summed E-state index contributed by atoms with van der Waals surface area (Å²) in [5.74, 6) is 0. The Labute approximate surface area is 108 Å². The molecular weight excluding hydrogens is 250 g/mol. The van der Waals surface area contributed by atoms with E-state index in [-0.39, 0.29) is 6.10 Å². The first-order valence-corrected chi connectivity index (χ1v) is 7.61. The van der Waals surface area contributed by atoms with E-state index in [4.69, 9.17) is 0 Å². The third kappa shape index (κ3) is 2.58. The van der Waals surface area contributed by atoms with Gasteiger partial charge in [0.05, 0.1) is 11.0 Å². The molecule has 1 N–H and O–H groups in total. The zero-order chi connectivity index (χ0) is 13.3. The lowest BCUT2D eigenvalue weighted by atomic mass is 10.1. The van der Waals surface area contributed by atoms with Crippen LogP contribution in [-0.4, -0.2) is 37.0 Å². The summed E-state index contributed by atoms with van der Waals surface area (Å²) in [6, 6.07) is 5.21. The van der Waals surface area contributed by atoms with Crippen molar-refractivity contribution in [2.24, 2.45) is 0 Å². The Morgan fingerprint density at radius 1 is 1.17 bits per heavy atom. The summed E-state index contributed by atoms with van der Waals surface area (Å²) in [5, 5.41) is 9.42. The Hall–Kier alpha value is -0.910. The number of hydrogen-bond donors (Lipinski definition) is 1. The standard InChI is InChI=1S/C13H19NO3S/c1-10-3-4-13(9-11(10)2)18(16,17)14-7-5-12(15)6-8-14/h3-4,9,12,15H,5-8H2,1-2H3. The van der Waals surface area contributed by atoms with Crippen LogP contribution in [0, 0.1) is 13.8 Å². The zero-order valence-electron chi connectivity index (χ0n) is 10.8. The first-order chi connectivity index (χ1) is 8.41. The molecule has 1 aromatic rings. The van der Waals surface area contributed by atoms with Gasteiger partial charge in [-0.05, 0) is 49.9 Å². The molecule has 0 aromatic heterocycles. The largest absolute Gasteiger partial charge is 0.393 e. The number of aliphatic hydroxyl groups excluding tert-OH is 1. The van der Waals surface area contributed by atoms with Gasteiger partial charge in [-0.3, -0.25) is 0 Å². The van der Waals surface area contributed by atoms with E-state index in [1.165, 1.54) is 4.31 Å². The molecule has 1 heterocycles. The van der Waals surface area contributed by atoms with Gasteiger partial charge in [-0.25, -0.2) is 8.42 Å². The first-order valence-electron chi connectivity index (χ1n) is 6.17. The van der Waals surface area contributed by atoms with Gasteiger partial charge in [-0.2, -0.15) is 4.31 Å². The van der Waals surface area contributed by atoms with Gasteiger partial charge in [0, 0.05) is 13.1 Å². The van der Waals surface area contributed by atoms with Crippen molar-refractivity contribution in [2.75, 3.05) is 13.1 Å². The Kier molecular flexibility index (Phi) is 3.75. The Morgan fingerprint density at radius 3 is 2.33 bits per heavy atom. The van der Waals surface area contributed by atoms with E-state index in [0.29, 0.717) is 30.8 Å². The molecule has 5 heteroatoms. The molecule has 0 bridgehead atoms. The maximum atomic E-state index is 12.4. The number of hydrogen-bond acceptors (Lipinski definition) is 3. The number of rotatable bonds is 2. The van der Waals surface area contributed by atoms with Gasteiger partial charge in [0.15, 0.2) is 0 Å². The first kappa shape index (κ1) is 13.5. The van der Waals surface area contributed by atoms with Gasteiger partial charge in [0.2, 0.25) is 10.0 Å². The predicted molar refractivity (Wildman–Crippen MR) is 69.9 cm³/mol. The molecule has 1 saturated heterocycles. The number of nitrogens with zero attached hydrogens (tertiary/aromatic N) is 1. The molecule has 18 heavy (non-hydrogen) atoms. The maximum Gasteiger partial charge on any atom is 0.243 e. The second-order valence-corrected chi connectivity index (χ2v) is 6.82. The molecule has 0 spiro atoms. The van der Waals surface area contributed by atoms with Crippen LogP contribution in [-0.2, 0) is 10.0 Å². The second kappa shape index (κ2) is 4.99. The number of sulfonamides is 1. The lowest BCUT2D eigenvalue weighted by Gasteiger charge is -2.28. The van der Waals surface area contributed by atoms with Gasteiger partial charge < -0.3 is 5.11 Å². The third-order valence-corrected chi connectivity index (χ3v) is 5.43. The maximum absolute atomic E-state index is 12.4. The molecule has 0 unspecified atom stereocenters. The van der Waals surface area contributed by atoms with E-state index in [1.54, 1.807) is 12.1 Å². The lowest BCUT2D eigenvalue weighted by Crippen LogP contribution is -2.40. The normalized spacial score (nSPS) is 19.1. The van der Waals surface area contributed by atoms with Gasteiger partial charge in [0.25, 0.3) is 0 Å². The minimum atomic E-state index is -3.40. The highest BCUT2D eigenvalue weighted by Crippen LogP contribution is 2.22. The fourth-order valence-corrected chi connectivity index (χ4v) is 3.66. The van der Waals surface area contributed by atoms with E-state index < -0.39 is 10.0 Å². The van der Waals surface area contributed by atoms with E-state index >= 15 is 0 Å². The quantitative estimate of drug-likeness (QED) is 0.884. The molecule has 1 aromatic carbocycles. The molecule has 1 aliphatic heterocycles. The van der Waals surface area contributed by atoms with Crippen molar-refractivity contribution in [3.8, 4) is 0 Å². The molecule has 0 amide bonds. The molecular formula is C13H19NO3S. The van der Waals surface area contributed by atoms with Crippen molar-refractivity contribution < 1.29 is 13.5 Å². The van der Waals surface area contributed by atoms with Crippen LogP contribution in [0.15, 0.2) is 23.1 Å². The van der Waals surface area contributed by atoms with E-state index in [0.717, 1.165) is 11.1 Å². The second-order valence-electron chi connectivity index (χ2n) is 4.88. The molecule has 1 aliphatic rings. The van der Waals surface area contributed by atoms with Crippen molar-refractivity contribution in [3.63, 3.8) is 0 Å². The summed E-state index contributed by atoms with van der Waals surface area (Å²) in [6.07, 6.45) is 0.671. The average molecular weight is 269 g/mol. The van der Waals surface area contributed by atoms with Gasteiger partial charge in [0.1, 0.15) is 0 Å². The van der Waals surface area contributed by atoms with E-state index in [1.807, 2.05) is 19.9 Å². The number of aliphatic hydroxyl groups is 1. The Morgan fingerprint density at radius 2 is 1.78 bits per heavy atom. The van der Waals surface area contributed by atoms with Crippen molar-refractivity contribution in [1.29, 1.82) is 0 Å². The molecule has 2 rings (SSSR count). The Balaban J connectivity index is 2.27. The van der Waals surface area contributed by atoms with Crippen molar-refractivity contribution in [3.05, 3.63) is 29.3 Å². The van der Waals surface area contributed by atoms with Crippen LogP contribution in [0.1, 0.15) is 24.0 Å². The van der Waals surface area contributed by atoms with E-state index in [2.05, 4.69) is 0 Å². The minimum absolute atomic E-state index is 0.349. The topological polar surface area (TPSA) is 57.6 Å². The molecule has 1 fully saturated rings. The number of benzene rings is 1. The van der Waals surface area contributed by atoms with Crippen molar-refractivity contribution in [2.45, 2.75) is 37.7 Å². The zero-order valence-corrected chi connectivity index (χ0v) is 11.6. The third-order valence-electron chi connectivity index (χ3n) is 3.54. The van der Waals surface area contributed by atoms with Crippen LogP contribution in [0.4, 0.5) is 0 Å². The molecule has 0 atom stereocenters. The van der Waals surface area contributed by atoms with Crippen LogP contribution < -0.4 is 0 Å². The van der Waals surface area contributed by atoms with Gasteiger partial charge >= 0.3 is 0 Å². The highest BCUT2D eigenvalue weighted by Gasteiger charge is 2.28. The minimum Gasteiger partial charge on any atom is -0.393 e. The summed E-state index contributed by atoms with van der Waals surface area (Å²) in [7, 11) is -3.40. The monoisotopic (exact) mass is 269 g/mol. The summed E-state index contributed by atoms with van der Waals surface area (Å²) in [4.78, 5) is 0.349. The van der Waals surface area contributed by atoms with Gasteiger partial charge in [-0.15, -0.1) is 0 Å². The van der Waals surface area contributed by atoms with Crippen LogP contribution in [0.3, 0.4) is 0 Å². The van der Waals surface area contributed by atoms with Crippen LogP contribution >= 0.6 is 0 Å². The average Bonchev–Trinajstić information content (AvgIpc) is 2.33. The van der Waals surface area contributed by atoms with Crippen LogP contribution in [0.2, 0.25) is 0 Å². The fourth-order valence-electron chi connectivity index (χ4n) is 2.11. The highest BCUT2D eigenvalue weighted by molar-refractivity contribution is 7.89. The summed E-state index contributed by atoms with van der Waals surface area (Å²) >= 11 is 0. The highest BCUT2D eigenvalue weighted by atomic mass is 32.2. The van der Waals surface area contributed by atoms with Crippen molar-refractivity contribution in [1.82, 2.24) is 4.31 Å². The van der Waals surface area contributed by atoms with E-state index in [9.17, 15) is 13.5 Å². The SMILES string of the molecule is Cc1ccc(S(=O)(=O)N2CCC(O)CC2)cc1C. The van der Waals surface area contributed by atoms with Crippen molar-refractivity contribution >= 4 is 10.0 Å². The molecule has 0 saturated carbocycles. The molecule has 100 valence electrons. The van der Waals surface area contributed by atoms with Gasteiger partial charge in [-0.1, -0.05) is 6.07 Å². The van der Waals surface area contributed by atoms with Crippen LogP contribution in [0.25, 0.3) is 0 Å². The smallest absolute Gasteiger partial charge is 0.243 e. The summed E-state index contributed by atoms with van der Waals surface area (Å²) < 4.78 is 26.3. The Bertz CT molecular complexity index is 531.